The third kappa shape index (κ3) is 4.78. The average Bonchev–Trinajstić information content (AvgIpc) is 3.09. The number of hydrogen-bond acceptors (Lipinski definition) is 3. The molecular formula is C23H26Cl2N2O. The number of likely N-dealkylation sites (tertiary alicyclic amines) is 1. The highest BCUT2D eigenvalue weighted by Crippen LogP contribution is 2.34. The first-order valence-electron chi connectivity index (χ1n) is 9.69. The summed E-state index contributed by atoms with van der Waals surface area (Å²) in [6, 6.07) is 18.5. The van der Waals surface area contributed by atoms with Gasteiger partial charge in [-0.25, -0.2) is 0 Å². The standard InChI is InChI=1S/C23H25ClN2O.ClH/c1-17-22(25-27-23(17)20-7-9-21(24)10-8-20)19-12-15-26(16-13-19)14-11-18-5-3-2-4-6-18;/h2-10,19H,11-16H2,1H3;1H. The van der Waals surface area contributed by atoms with Gasteiger partial charge in [0.15, 0.2) is 5.76 Å². The fourth-order valence-corrected chi connectivity index (χ4v) is 4.09. The van der Waals surface area contributed by atoms with Crippen molar-refractivity contribution in [2.45, 2.75) is 32.1 Å². The second-order valence-corrected chi connectivity index (χ2v) is 7.82. The average molecular weight is 417 g/mol. The van der Waals surface area contributed by atoms with Crippen molar-refractivity contribution in [3.05, 3.63) is 76.4 Å². The Hall–Kier alpha value is -1.81. The normalized spacial score (nSPS) is 15.4. The molecule has 1 fully saturated rings. The molecule has 2 aromatic carbocycles. The van der Waals surface area contributed by atoms with E-state index in [0.717, 1.165) is 60.9 Å². The van der Waals surface area contributed by atoms with Crippen LogP contribution in [0.4, 0.5) is 0 Å². The van der Waals surface area contributed by atoms with Crippen LogP contribution in [0.1, 0.15) is 35.6 Å². The molecule has 1 saturated heterocycles. The van der Waals surface area contributed by atoms with Crippen LogP contribution in [0.15, 0.2) is 59.1 Å². The molecule has 4 rings (SSSR count). The lowest BCUT2D eigenvalue weighted by Crippen LogP contribution is -2.34. The van der Waals surface area contributed by atoms with Gasteiger partial charge in [-0.3, -0.25) is 0 Å². The fraction of sp³-hybridized carbons (Fsp3) is 0.348. The zero-order valence-electron chi connectivity index (χ0n) is 16.1. The molecule has 1 aliphatic rings. The molecule has 2 heterocycles. The minimum atomic E-state index is 0. The molecule has 0 bridgehead atoms. The summed E-state index contributed by atoms with van der Waals surface area (Å²) < 4.78 is 5.70. The summed E-state index contributed by atoms with van der Waals surface area (Å²) in [7, 11) is 0. The second kappa shape index (κ2) is 9.60. The predicted octanol–water partition coefficient (Wildman–Crippen LogP) is 6.15. The van der Waals surface area contributed by atoms with Crippen molar-refractivity contribution < 1.29 is 4.52 Å². The molecule has 148 valence electrons. The third-order valence-electron chi connectivity index (χ3n) is 5.60. The quantitative estimate of drug-likeness (QED) is 0.499. The van der Waals surface area contributed by atoms with Gasteiger partial charge in [0.2, 0.25) is 0 Å². The van der Waals surface area contributed by atoms with E-state index in [9.17, 15) is 0 Å². The first-order valence-corrected chi connectivity index (χ1v) is 10.1. The van der Waals surface area contributed by atoms with Gasteiger partial charge in [0.05, 0.1) is 5.69 Å². The van der Waals surface area contributed by atoms with Crippen LogP contribution < -0.4 is 0 Å². The summed E-state index contributed by atoms with van der Waals surface area (Å²) in [6.45, 7) is 5.50. The van der Waals surface area contributed by atoms with Crippen LogP contribution in [0.5, 0.6) is 0 Å². The molecule has 1 aromatic heterocycles. The highest BCUT2D eigenvalue weighted by atomic mass is 35.5. The van der Waals surface area contributed by atoms with Crippen molar-refractivity contribution in [2.75, 3.05) is 19.6 Å². The van der Waals surface area contributed by atoms with Crippen LogP contribution in [-0.2, 0) is 6.42 Å². The molecule has 3 nitrogen and oxygen atoms in total. The first-order chi connectivity index (χ1) is 13.2. The summed E-state index contributed by atoms with van der Waals surface area (Å²) in [6.07, 6.45) is 3.40. The highest BCUT2D eigenvalue weighted by molar-refractivity contribution is 6.30. The van der Waals surface area contributed by atoms with E-state index in [0.29, 0.717) is 5.92 Å². The van der Waals surface area contributed by atoms with Gasteiger partial charge in [-0.15, -0.1) is 12.4 Å². The molecule has 0 saturated carbocycles. The summed E-state index contributed by atoms with van der Waals surface area (Å²) in [5.41, 5.74) is 4.75. The second-order valence-electron chi connectivity index (χ2n) is 7.38. The Kier molecular flexibility index (Phi) is 7.17. The summed E-state index contributed by atoms with van der Waals surface area (Å²) >= 11 is 5.99. The van der Waals surface area contributed by atoms with Crippen molar-refractivity contribution in [3.63, 3.8) is 0 Å². The fourth-order valence-electron chi connectivity index (χ4n) is 3.96. The topological polar surface area (TPSA) is 29.3 Å². The van der Waals surface area contributed by atoms with Crippen molar-refractivity contribution in [1.82, 2.24) is 10.1 Å². The zero-order chi connectivity index (χ0) is 18.6. The van der Waals surface area contributed by atoms with Gasteiger partial charge in [-0.2, -0.15) is 0 Å². The highest BCUT2D eigenvalue weighted by Gasteiger charge is 2.26. The molecule has 0 radical (unpaired) electrons. The van der Waals surface area contributed by atoms with E-state index < -0.39 is 0 Å². The molecule has 0 aliphatic carbocycles. The van der Waals surface area contributed by atoms with Crippen LogP contribution in [0.3, 0.4) is 0 Å². The van der Waals surface area contributed by atoms with E-state index in [1.807, 2.05) is 24.3 Å². The minimum Gasteiger partial charge on any atom is -0.356 e. The molecular weight excluding hydrogens is 391 g/mol. The van der Waals surface area contributed by atoms with E-state index >= 15 is 0 Å². The molecule has 0 unspecified atom stereocenters. The van der Waals surface area contributed by atoms with E-state index in [-0.39, 0.29) is 12.4 Å². The Morgan fingerprint density at radius 2 is 1.71 bits per heavy atom. The Balaban J connectivity index is 0.00000225. The maximum atomic E-state index is 5.99. The van der Waals surface area contributed by atoms with Gasteiger partial charge in [0, 0.05) is 28.6 Å². The molecule has 28 heavy (non-hydrogen) atoms. The zero-order valence-corrected chi connectivity index (χ0v) is 17.7. The van der Waals surface area contributed by atoms with Gasteiger partial charge in [0.1, 0.15) is 0 Å². The summed E-state index contributed by atoms with van der Waals surface area (Å²) in [5.74, 6) is 1.36. The lowest BCUT2D eigenvalue weighted by Gasteiger charge is -2.31. The summed E-state index contributed by atoms with van der Waals surface area (Å²) in [4.78, 5) is 2.57. The maximum absolute atomic E-state index is 5.99. The van der Waals surface area contributed by atoms with Gasteiger partial charge < -0.3 is 9.42 Å². The Morgan fingerprint density at radius 3 is 2.39 bits per heavy atom. The predicted molar refractivity (Wildman–Crippen MR) is 117 cm³/mol. The van der Waals surface area contributed by atoms with E-state index in [1.165, 1.54) is 11.1 Å². The van der Waals surface area contributed by atoms with E-state index in [2.05, 4.69) is 47.3 Å². The van der Waals surface area contributed by atoms with Crippen molar-refractivity contribution >= 4 is 24.0 Å². The number of piperidine rings is 1. The third-order valence-corrected chi connectivity index (χ3v) is 5.85. The van der Waals surface area contributed by atoms with Crippen LogP contribution in [0.2, 0.25) is 5.02 Å². The summed E-state index contributed by atoms with van der Waals surface area (Å²) in [5, 5.41) is 5.17. The van der Waals surface area contributed by atoms with E-state index in [4.69, 9.17) is 16.1 Å². The van der Waals surface area contributed by atoms with Crippen molar-refractivity contribution in [1.29, 1.82) is 0 Å². The lowest BCUT2D eigenvalue weighted by atomic mass is 9.90. The van der Waals surface area contributed by atoms with Crippen LogP contribution in [0.25, 0.3) is 11.3 Å². The molecule has 3 aromatic rings. The number of rotatable bonds is 5. The van der Waals surface area contributed by atoms with Crippen LogP contribution >= 0.6 is 24.0 Å². The van der Waals surface area contributed by atoms with Gasteiger partial charge in [-0.05, 0) is 69.1 Å². The number of benzene rings is 2. The Labute approximate surface area is 178 Å². The van der Waals surface area contributed by atoms with Crippen molar-refractivity contribution in [3.8, 4) is 11.3 Å². The van der Waals surface area contributed by atoms with E-state index in [1.54, 1.807) is 0 Å². The molecule has 0 spiro atoms. The molecule has 1 aliphatic heterocycles. The van der Waals surface area contributed by atoms with Crippen molar-refractivity contribution in [2.24, 2.45) is 0 Å². The molecule has 0 N–H and O–H groups in total. The minimum absolute atomic E-state index is 0. The Bertz CT molecular complexity index is 869. The monoisotopic (exact) mass is 416 g/mol. The first kappa shape index (κ1) is 20.9. The Morgan fingerprint density at radius 1 is 1.04 bits per heavy atom. The largest absolute Gasteiger partial charge is 0.356 e. The smallest absolute Gasteiger partial charge is 0.170 e. The van der Waals surface area contributed by atoms with Gasteiger partial charge in [-0.1, -0.05) is 47.1 Å². The van der Waals surface area contributed by atoms with Crippen LogP contribution in [0, 0.1) is 6.92 Å². The maximum Gasteiger partial charge on any atom is 0.170 e. The number of hydrogen-bond donors (Lipinski definition) is 0. The number of aromatic nitrogens is 1. The molecule has 0 atom stereocenters. The molecule has 5 heteroatoms. The number of nitrogens with zero attached hydrogens (tertiary/aromatic N) is 2. The SMILES string of the molecule is Cc1c(C2CCN(CCc3ccccc3)CC2)noc1-c1ccc(Cl)cc1.Cl. The lowest BCUT2D eigenvalue weighted by molar-refractivity contribution is 0.211. The van der Waals surface area contributed by atoms with Crippen LogP contribution in [-0.4, -0.2) is 29.7 Å². The molecule has 0 amide bonds. The van der Waals surface area contributed by atoms with Gasteiger partial charge in [0.25, 0.3) is 0 Å². The van der Waals surface area contributed by atoms with Gasteiger partial charge >= 0.3 is 0 Å². The number of halogens is 2.